The van der Waals surface area contributed by atoms with Crippen LogP contribution in [0.25, 0.3) is 11.3 Å². The number of nitrogens with one attached hydrogen (secondary N) is 1. The molecule has 0 aromatic carbocycles. The molecular weight excluding hydrogens is 298 g/mol. The predicted octanol–water partition coefficient (Wildman–Crippen LogP) is 2.59. The molecule has 2 unspecified atom stereocenters. The van der Waals surface area contributed by atoms with Gasteiger partial charge in [-0.05, 0) is 18.9 Å². The van der Waals surface area contributed by atoms with E-state index in [1.54, 1.807) is 15.9 Å². The molecule has 0 aliphatic heterocycles. The molecule has 0 saturated carbocycles. The minimum Gasteiger partial charge on any atom is -0.391 e. The highest BCUT2D eigenvalue weighted by Crippen LogP contribution is 2.23. The standard InChI is InChI=1S/C16H23N3O2S/c1-5-10(2)15(20)7-17-16(21)14-6-12(8-19(14)4)13-9-22-11(3)18-13/h6,8-10,15,20H,5,7H2,1-4H3,(H,17,21). The molecule has 22 heavy (non-hydrogen) atoms. The molecule has 120 valence electrons. The number of hydrogen-bond donors (Lipinski definition) is 2. The average Bonchev–Trinajstić information content (AvgIpc) is 3.09. The number of carbonyl (C=O) groups excluding carboxylic acids is 1. The molecule has 2 atom stereocenters. The maximum Gasteiger partial charge on any atom is 0.268 e. The van der Waals surface area contributed by atoms with Crippen molar-refractivity contribution in [3.8, 4) is 11.3 Å². The number of amides is 1. The minimum atomic E-state index is -0.519. The van der Waals surface area contributed by atoms with Crippen LogP contribution in [0.1, 0.15) is 35.8 Å². The van der Waals surface area contributed by atoms with Gasteiger partial charge < -0.3 is 15.0 Å². The highest BCUT2D eigenvalue weighted by atomic mass is 32.1. The van der Waals surface area contributed by atoms with Crippen LogP contribution in [0.15, 0.2) is 17.6 Å². The monoisotopic (exact) mass is 321 g/mol. The van der Waals surface area contributed by atoms with Crippen LogP contribution >= 0.6 is 11.3 Å². The van der Waals surface area contributed by atoms with Crippen molar-refractivity contribution in [1.29, 1.82) is 0 Å². The Morgan fingerprint density at radius 3 is 2.86 bits per heavy atom. The van der Waals surface area contributed by atoms with Gasteiger partial charge in [-0.15, -0.1) is 11.3 Å². The van der Waals surface area contributed by atoms with Crippen molar-refractivity contribution < 1.29 is 9.90 Å². The lowest BCUT2D eigenvalue weighted by Gasteiger charge is -2.17. The topological polar surface area (TPSA) is 67.2 Å². The Labute approximate surface area is 135 Å². The van der Waals surface area contributed by atoms with E-state index in [9.17, 15) is 9.90 Å². The van der Waals surface area contributed by atoms with Gasteiger partial charge in [0.25, 0.3) is 5.91 Å². The summed E-state index contributed by atoms with van der Waals surface area (Å²) in [6, 6.07) is 1.83. The van der Waals surface area contributed by atoms with Crippen LogP contribution < -0.4 is 5.32 Å². The van der Waals surface area contributed by atoms with Crippen molar-refractivity contribution in [3.05, 3.63) is 28.3 Å². The van der Waals surface area contributed by atoms with Gasteiger partial charge in [-0.3, -0.25) is 4.79 Å². The zero-order valence-electron chi connectivity index (χ0n) is 13.5. The highest BCUT2D eigenvalue weighted by molar-refractivity contribution is 7.09. The zero-order chi connectivity index (χ0) is 16.3. The average molecular weight is 321 g/mol. The molecule has 2 heterocycles. The molecule has 2 aromatic heterocycles. The smallest absolute Gasteiger partial charge is 0.268 e. The molecule has 0 saturated heterocycles. The molecule has 0 aliphatic rings. The Bertz CT molecular complexity index is 648. The summed E-state index contributed by atoms with van der Waals surface area (Å²) in [4.78, 5) is 16.7. The lowest BCUT2D eigenvalue weighted by molar-refractivity contribution is 0.0843. The van der Waals surface area contributed by atoms with Crippen LogP contribution in [0.3, 0.4) is 0 Å². The van der Waals surface area contributed by atoms with Gasteiger partial charge in [-0.2, -0.15) is 0 Å². The van der Waals surface area contributed by atoms with Gasteiger partial charge in [0, 0.05) is 30.7 Å². The van der Waals surface area contributed by atoms with Crippen LogP contribution in [0, 0.1) is 12.8 Å². The molecule has 6 heteroatoms. The second kappa shape index (κ2) is 7.07. The van der Waals surface area contributed by atoms with E-state index in [0.717, 1.165) is 22.7 Å². The van der Waals surface area contributed by atoms with Crippen molar-refractivity contribution in [2.45, 2.75) is 33.3 Å². The van der Waals surface area contributed by atoms with E-state index in [4.69, 9.17) is 0 Å². The van der Waals surface area contributed by atoms with Gasteiger partial charge in [0.2, 0.25) is 0 Å². The number of aliphatic hydroxyl groups is 1. The number of aromatic nitrogens is 2. The fourth-order valence-electron chi connectivity index (χ4n) is 2.19. The molecule has 5 nitrogen and oxygen atoms in total. The van der Waals surface area contributed by atoms with Crippen molar-refractivity contribution in [2.75, 3.05) is 6.54 Å². The Kier molecular flexibility index (Phi) is 5.37. The number of aliphatic hydroxyl groups excluding tert-OH is 1. The van der Waals surface area contributed by atoms with E-state index in [0.29, 0.717) is 5.69 Å². The fourth-order valence-corrected chi connectivity index (χ4v) is 2.81. The SMILES string of the molecule is CCC(C)C(O)CNC(=O)c1cc(-c2csc(C)n2)cn1C. The maximum absolute atomic E-state index is 12.3. The highest BCUT2D eigenvalue weighted by Gasteiger charge is 2.17. The van der Waals surface area contributed by atoms with Gasteiger partial charge >= 0.3 is 0 Å². The number of rotatable bonds is 6. The number of aryl methyl sites for hydroxylation is 2. The number of carbonyl (C=O) groups is 1. The summed E-state index contributed by atoms with van der Waals surface area (Å²) in [7, 11) is 1.84. The predicted molar refractivity (Wildman–Crippen MR) is 89.1 cm³/mol. The Hall–Kier alpha value is -1.66. The van der Waals surface area contributed by atoms with Gasteiger partial charge in [0.05, 0.1) is 16.8 Å². The third kappa shape index (κ3) is 3.75. The summed E-state index contributed by atoms with van der Waals surface area (Å²) in [6.45, 7) is 6.22. The van der Waals surface area contributed by atoms with E-state index < -0.39 is 6.10 Å². The lowest BCUT2D eigenvalue weighted by Crippen LogP contribution is -2.36. The van der Waals surface area contributed by atoms with Crippen molar-refractivity contribution >= 4 is 17.2 Å². The maximum atomic E-state index is 12.3. The third-order valence-electron chi connectivity index (χ3n) is 3.92. The van der Waals surface area contributed by atoms with E-state index in [-0.39, 0.29) is 18.4 Å². The first kappa shape index (κ1) is 16.7. The second-order valence-electron chi connectivity index (χ2n) is 5.64. The van der Waals surface area contributed by atoms with Gasteiger partial charge in [0.15, 0.2) is 0 Å². The first-order chi connectivity index (χ1) is 10.4. The lowest BCUT2D eigenvalue weighted by atomic mass is 10.0. The number of hydrogen-bond acceptors (Lipinski definition) is 4. The van der Waals surface area contributed by atoms with Gasteiger partial charge in [-0.25, -0.2) is 4.98 Å². The van der Waals surface area contributed by atoms with Crippen molar-refractivity contribution in [2.24, 2.45) is 13.0 Å². The number of thiazole rings is 1. The second-order valence-corrected chi connectivity index (χ2v) is 6.70. The Morgan fingerprint density at radius 2 is 2.27 bits per heavy atom. The van der Waals surface area contributed by atoms with E-state index in [1.165, 1.54) is 0 Å². The molecule has 0 bridgehead atoms. The van der Waals surface area contributed by atoms with E-state index in [1.807, 2.05) is 45.5 Å². The molecular formula is C16H23N3O2S. The van der Waals surface area contributed by atoms with E-state index >= 15 is 0 Å². The van der Waals surface area contributed by atoms with Crippen molar-refractivity contribution in [3.63, 3.8) is 0 Å². The fraction of sp³-hybridized carbons (Fsp3) is 0.500. The molecule has 0 spiro atoms. The quantitative estimate of drug-likeness (QED) is 0.859. The first-order valence-corrected chi connectivity index (χ1v) is 8.35. The summed E-state index contributed by atoms with van der Waals surface area (Å²) in [5, 5.41) is 15.7. The molecule has 1 amide bonds. The number of nitrogens with zero attached hydrogens (tertiary/aromatic N) is 2. The van der Waals surface area contributed by atoms with Crippen LogP contribution in [-0.4, -0.2) is 33.2 Å². The molecule has 0 radical (unpaired) electrons. The minimum absolute atomic E-state index is 0.169. The van der Waals surface area contributed by atoms with E-state index in [2.05, 4.69) is 10.3 Å². The normalized spacial score (nSPS) is 13.9. The molecule has 0 aliphatic carbocycles. The molecule has 2 aromatic rings. The Balaban J connectivity index is 2.06. The van der Waals surface area contributed by atoms with Crippen LogP contribution in [0.4, 0.5) is 0 Å². The largest absolute Gasteiger partial charge is 0.391 e. The van der Waals surface area contributed by atoms with Crippen LogP contribution in [0.2, 0.25) is 0 Å². The van der Waals surface area contributed by atoms with Gasteiger partial charge in [-0.1, -0.05) is 20.3 Å². The van der Waals surface area contributed by atoms with Crippen LogP contribution in [0.5, 0.6) is 0 Å². The first-order valence-electron chi connectivity index (χ1n) is 7.47. The molecule has 2 N–H and O–H groups in total. The summed E-state index contributed by atoms with van der Waals surface area (Å²) in [5.74, 6) is -0.00897. The molecule has 0 fully saturated rings. The summed E-state index contributed by atoms with van der Waals surface area (Å²) in [6.07, 6.45) is 2.26. The third-order valence-corrected chi connectivity index (χ3v) is 4.70. The summed E-state index contributed by atoms with van der Waals surface area (Å²) >= 11 is 1.59. The van der Waals surface area contributed by atoms with Crippen LogP contribution in [-0.2, 0) is 7.05 Å². The summed E-state index contributed by atoms with van der Waals surface area (Å²) in [5.41, 5.74) is 2.38. The van der Waals surface area contributed by atoms with Crippen molar-refractivity contribution in [1.82, 2.24) is 14.9 Å². The zero-order valence-corrected chi connectivity index (χ0v) is 14.3. The van der Waals surface area contributed by atoms with Gasteiger partial charge in [0.1, 0.15) is 5.69 Å². The Morgan fingerprint density at radius 1 is 1.55 bits per heavy atom. The summed E-state index contributed by atoms with van der Waals surface area (Å²) < 4.78 is 1.79. The molecule has 2 rings (SSSR count).